The summed E-state index contributed by atoms with van der Waals surface area (Å²) in [5, 5.41) is 8.57. The monoisotopic (exact) mass is 259 g/mol. The van der Waals surface area contributed by atoms with Crippen LogP contribution in [-0.4, -0.2) is 20.2 Å². The van der Waals surface area contributed by atoms with Gasteiger partial charge in [-0.1, -0.05) is 23.7 Å². The number of hydrogen-bond acceptors (Lipinski definition) is 4. The van der Waals surface area contributed by atoms with E-state index in [-0.39, 0.29) is 0 Å². The first-order valence-electron chi connectivity index (χ1n) is 5.42. The Bertz CT molecular complexity index is 689. The number of anilines is 1. The van der Waals surface area contributed by atoms with Gasteiger partial charge >= 0.3 is 0 Å². The van der Waals surface area contributed by atoms with Crippen molar-refractivity contribution in [3.63, 3.8) is 0 Å². The van der Waals surface area contributed by atoms with E-state index in [1.54, 1.807) is 0 Å². The Balaban J connectivity index is 2.02. The van der Waals surface area contributed by atoms with E-state index in [0.29, 0.717) is 17.9 Å². The van der Waals surface area contributed by atoms with E-state index in [2.05, 4.69) is 20.2 Å². The molecular formula is C12H10ClN5. The molecular weight excluding hydrogens is 250 g/mol. The van der Waals surface area contributed by atoms with Crippen molar-refractivity contribution < 1.29 is 0 Å². The molecule has 0 saturated carbocycles. The third kappa shape index (κ3) is 1.89. The lowest BCUT2D eigenvalue weighted by atomic mass is 10.1. The summed E-state index contributed by atoms with van der Waals surface area (Å²) in [6, 6.07) is 7.65. The molecule has 3 N–H and O–H groups in total. The van der Waals surface area contributed by atoms with Crippen LogP contribution in [0, 0.1) is 0 Å². The van der Waals surface area contributed by atoms with Gasteiger partial charge in [-0.15, -0.1) is 0 Å². The second-order valence-corrected chi connectivity index (χ2v) is 4.40. The van der Waals surface area contributed by atoms with Gasteiger partial charge in [0.1, 0.15) is 12.1 Å². The smallest absolute Gasteiger partial charge is 0.186 e. The molecule has 0 aliphatic heterocycles. The van der Waals surface area contributed by atoms with Crippen LogP contribution >= 0.6 is 11.6 Å². The average molecular weight is 260 g/mol. The van der Waals surface area contributed by atoms with Gasteiger partial charge in [0.25, 0.3) is 0 Å². The zero-order valence-electron chi connectivity index (χ0n) is 9.39. The van der Waals surface area contributed by atoms with Crippen LogP contribution in [-0.2, 0) is 6.42 Å². The van der Waals surface area contributed by atoms with E-state index in [9.17, 15) is 0 Å². The molecule has 90 valence electrons. The minimum Gasteiger partial charge on any atom is -0.383 e. The molecule has 1 aromatic carbocycles. The van der Waals surface area contributed by atoms with Crippen LogP contribution in [0.4, 0.5) is 5.82 Å². The van der Waals surface area contributed by atoms with Gasteiger partial charge in [-0.25, -0.2) is 9.97 Å². The SMILES string of the molecule is Nc1ncnc2n[nH]c(Cc3ccc(Cl)cc3)c12. The van der Waals surface area contributed by atoms with Gasteiger partial charge < -0.3 is 5.73 Å². The fourth-order valence-electron chi connectivity index (χ4n) is 1.87. The van der Waals surface area contributed by atoms with Crippen LogP contribution in [0.2, 0.25) is 5.02 Å². The summed E-state index contributed by atoms with van der Waals surface area (Å²) >= 11 is 5.85. The van der Waals surface area contributed by atoms with Crippen molar-refractivity contribution in [1.29, 1.82) is 0 Å². The predicted molar refractivity (Wildman–Crippen MR) is 70.4 cm³/mol. The van der Waals surface area contributed by atoms with Crippen molar-refractivity contribution in [2.75, 3.05) is 5.73 Å². The zero-order chi connectivity index (χ0) is 12.5. The number of aromatic nitrogens is 4. The summed E-state index contributed by atoms with van der Waals surface area (Å²) in [5.74, 6) is 0.442. The highest BCUT2D eigenvalue weighted by molar-refractivity contribution is 6.30. The molecule has 2 aromatic heterocycles. The largest absolute Gasteiger partial charge is 0.383 e. The molecule has 0 bridgehead atoms. The number of hydrogen-bond donors (Lipinski definition) is 2. The Hall–Kier alpha value is -2.14. The van der Waals surface area contributed by atoms with E-state index >= 15 is 0 Å². The first-order valence-corrected chi connectivity index (χ1v) is 5.79. The van der Waals surface area contributed by atoms with Crippen LogP contribution < -0.4 is 5.73 Å². The molecule has 3 aromatic rings. The minimum atomic E-state index is 0.442. The Kier molecular flexibility index (Phi) is 2.60. The number of nitrogens with one attached hydrogen (secondary N) is 1. The molecule has 0 saturated heterocycles. The highest BCUT2D eigenvalue weighted by Crippen LogP contribution is 2.21. The van der Waals surface area contributed by atoms with Gasteiger partial charge in [-0.05, 0) is 17.7 Å². The number of halogens is 1. The van der Waals surface area contributed by atoms with Crippen molar-refractivity contribution >= 4 is 28.5 Å². The molecule has 5 nitrogen and oxygen atoms in total. The number of rotatable bonds is 2. The average Bonchev–Trinajstić information content (AvgIpc) is 2.77. The van der Waals surface area contributed by atoms with Crippen molar-refractivity contribution in [2.24, 2.45) is 0 Å². The Morgan fingerprint density at radius 2 is 1.94 bits per heavy atom. The first-order chi connectivity index (χ1) is 8.74. The molecule has 18 heavy (non-hydrogen) atoms. The molecule has 0 aliphatic carbocycles. The highest BCUT2D eigenvalue weighted by atomic mass is 35.5. The van der Waals surface area contributed by atoms with Gasteiger partial charge in [-0.3, -0.25) is 5.10 Å². The normalized spacial score (nSPS) is 10.9. The highest BCUT2D eigenvalue weighted by Gasteiger charge is 2.10. The van der Waals surface area contributed by atoms with E-state index < -0.39 is 0 Å². The number of nitrogens with two attached hydrogens (primary N) is 1. The maximum absolute atomic E-state index is 5.85. The number of aromatic amines is 1. The third-order valence-corrected chi connectivity index (χ3v) is 3.00. The summed E-state index contributed by atoms with van der Waals surface area (Å²) in [7, 11) is 0. The molecule has 0 spiro atoms. The van der Waals surface area contributed by atoms with E-state index in [0.717, 1.165) is 21.7 Å². The lowest BCUT2D eigenvalue weighted by molar-refractivity contribution is 1.00. The number of benzene rings is 1. The fraction of sp³-hybridized carbons (Fsp3) is 0.0833. The van der Waals surface area contributed by atoms with E-state index in [4.69, 9.17) is 17.3 Å². The maximum atomic E-state index is 5.85. The van der Waals surface area contributed by atoms with Crippen LogP contribution in [0.1, 0.15) is 11.3 Å². The molecule has 0 aliphatic rings. The van der Waals surface area contributed by atoms with Crippen molar-refractivity contribution in [1.82, 2.24) is 20.2 Å². The van der Waals surface area contributed by atoms with Crippen LogP contribution in [0.25, 0.3) is 11.0 Å². The standard InChI is InChI=1S/C12H10ClN5/c13-8-3-1-7(2-4-8)5-9-10-11(14)15-6-16-12(10)18-17-9/h1-4,6H,5H2,(H3,14,15,16,17,18). The minimum absolute atomic E-state index is 0.442. The van der Waals surface area contributed by atoms with Gasteiger partial charge in [0, 0.05) is 11.4 Å². The zero-order valence-corrected chi connectivity index (χ0v) is 10.1. The molecule has 6 heteroatoms. The van der Waals surface area contributed by atoms with Gasteiger partial charge in [0.15, 0.2) is 5.65 Å². The number of H-pyrrole nitrogens is 1. The Morgan fingerprint density at radius 1 is 1.17 bits per heavy atom. The van der Waals surface area contributed by atoms with Crippen molar-refractivity contribution in [2.45, 2.75) is 6.42 Å². The summed E-state index contributed by atoms with van der Waals surface area (Å²) in [4.78, 5) is 8.05. The summed E-state index contributed by atoms with van der Waals surface area (Å²) in [6.45, 7) is 0. The fourth-order valence-corrected chi connectivity index (χ4v) is 2.00. The summed E-state index contributed by atoms with van der Waals surface area (Å²) in [5.41, 5.74) is 8.46. The lowest BCUT2D eigenvalue weighted by Gasteiger charge is -2.01. The van der Waals surface area contributed by atoms with Gasteiger partial charge in [0.05, 0.1) is 11.1 Å². The van der Waals surface area contributed by atoms with E-state index in [1.807, 2.05) is 24.3 Å². The van der Waals surface area contributed by atoms with Gasteiger partial charge in [-0.2, -0.15) is 5.10 Å². The predicted octanol–water partition coefficient (Wildman–Crippen LogP) is 2.18. The van der Waals surface area contributed by atoms with Crippen LogP contribution in [0.3, 0.4) is 0 Å². The Labute approximate surface area is 108 Å². The number of nitrogen functional groups attached to an aromatic ring is 1. The summed E-state index contributed by atoms with van der Waals surface area (Å²) in [6.07, 6.45) is 2.09. The third-order valence-electron chi connectivity index (χ3n) is 2.75. The molecule has 0 fully saturated rings. The van der Waals surface area contributed by atoms with Crippen LogP contribution in [0.5, 0.6) is 0 Å². The maximum Gasteiger partial charge on any atom is 0.186 e. The van der Waals surface area contributed by atoms with E-state index in [1.165, 1.54) is 6.33 Å². The lowest BCUT2D eigenvalue weighted by Crippen LogP contribution is -1.95. The topological polar surface area (TPSA) is 80.5 Å². The molecule has 3 rings (SSSR count). The van der Waals surface area contributed by atoms with Crippen molar-refractivity contribution in [3.8, 4) is 0 Å². The quantitative estimate of drug-likeness (QED) is 0.739. The molecule has 0 amide bonds. The molecule has 2 heterocycles. The molecule has 0 radical (unpaired) electrons. The Morgan fingerprint density at radius 3 is 2.72 bits per heavy atom. The van der Waals surface area contributed by atoms with Crippen molar-refractivity contribution in [3.05, 3.63) is 46.9 Å². The van der Waals surface area contributed by atoms with Gasteiger partial charge in [0.2, 0.25) is 0 Å². The summed E-state index contributed by atoms with van der Waals surface area (Å²) < 4.78 is 0. The first kappa shape index (κ1) is 11.0. The second-order valence-electron chi connectivity index (χ2n) is 3.96. The molecule has 0 atom stereocenters. The van der Waals surface area contributed by atoms with Crippen LogP contribution in [0.15, 0.2) is 30.6 Å². The second kappa shape index (κ2) is 4.27. The number of nitrogens with zero attached hydrogens (tertiary/aromatic N) is 3. The number of fused-ring (bicyclic) bond motifs is 1. The molecule has 0 unspecified atom stereocenters.